The van der Waals surface area contributed by atoms with Gasteiger partial charge in [-0.15, -0.1) is 0 Å². The Hall–Kier alpha value is -1.84. The van der Waals surface area contributed by atoms with Crippen LogP contribution in [-0.4, -0.2) is 17.0 Å². The average Bonchev–Trinajstić information content (AvgIpc) is 3.01. The predicted octanol–water partition coefficient (Wildman–Crippen LogP) is 3.29. The van der Waals surface area contributed by atoms with Gasteiger partial charge in [-0.3, -0.25) is 9.59 Å². The number of aliphatic carboxylic acids is 1. The van der Waals surface area contributed by atoms with Crippen LogP contribution in [0.4, 0.5) is 0 Å². The van der Waals surface area contributed by atoms with Gasteiger partial charge < -0.3 is 10.4 Å². The molecular weight excluding hydrogens is 278 g/mol. The van der Waals surface area contributed by atoms with Crippen molar-refractivity contribution in [3.63, 3.8) is 0 Å². The monoisotopic (exact) mass is 301 g/mol. The van der Waals surface area contributed by atoms with Crippen LogP contribution in [0.3, 0.4) is 0 Å². The number of benzene rings is 1. The van der Waals surface area contributed by atoms with Gasteiger partial charge in [-0.2, -0.15) is 0 Å². The van der Waals surface area contributed by atoms with Crippen LogP contribution in [0.1, 0.15) is 56.6 Å². The van der Waals surface area contributed by atoms with E-state index in [1.165, 1.54) is 25.7 Å². The van der Waals surface area contributed by atoms with E-state index >= 15 is 0 Å². The van der Waals surface area contributed by atoms with Crippen LogP contribution in [-0.2, 0) is 9.59 Å². The summed E-state index contributed by atoms with van der Waals surface area (Å²) in [4.78, 5) is 23.4. The van der Waals surface area contributed by atoms with Crippen LogP contribution in [0.25, 0.3) is 0 Å². The first-order valence-electron chi connectivity index (χ1n) is 8.18. The van der Waals surface area contributed by atoms with Crippen molar-refractivity contribution >= 4 is 11.9 Å². The minimum atomic E-state index is -0.825. The lowest BCUT2D eigenvalue weighted by molar-refractivity contribution is -0.137. The van der Waals surface area contributed by atoms with Crippen molar-refractivity contribution in [2.24, 2.45) is 11.3 Å². The molecule has 1 aromatic rings. The first kappa shape index (κ1) is 15.1. The van der Waals surface area contributed by atoms with Crippen molar-refractivity contribution in [3.05, 3.63) is 35.9 Å². The van der Waals surface area contributed by atoms with Gasteiger partial charge in [0.25, 0.3) is 0 Å². The number of carbonyl (C=O) groups is 2. The second-order valence-electron chi connectivity index (χ2n) is 6.73. The molecule has 0 radical (unpaired) electrons. The van der Waals surface area contributed by atoms with Gasteiger partial charge in [0.2, 0.25) is 5.91 Å². The fourth-order valence-electron chi connectivity index (χ4n) is 3.90. The number of carboxylic acids is 1. The first-order valence-corrected chi connectivity index (χ1v) is 8.18. The SMILES string of the molecule is O=C(O)CCC(NC(=O)C1CC12CCCC2)c1ccccc1. The van der Waals surface area contributed by atoms with E-state index in [1.807, 2.05) is 30.3 Å². The summed E-state index contributed by atoms with van der Waals surface area (Å²) in [6, 6.07) is 9.46. The summed E-state index contributed by atoms with van der Waals surface area (Å²) >= 11 is 0. The third-order valence-corrected chi connectivity index (χ3v) is 5.27. The molecule has 0 aliphatic heterocycles. The third kappa shape index (κ3) is 3.16. The van der Waals surface area contributed by atoms with E-state index in [9.17, 15) is 9.59 Å². The lowest BCUT2D eigenvalue weighted by atomic mass is 9.99. The van der Waals surface area contributed by atoms with Crippen molar-refractivity contribution in [1.29, 1.82) is 0 Å². The fourth-order valence-corrected chi connectivity index (χ4v) is 3.90. The average molecular weight is 301 g/mol. The molecule has 0 saturated heterocycles. The molecule has 1 aromatic carbocycles. The van der Waals surface area contributed by atoms with Crippen LogP contribution in [0, 0.1) is 11.3 Å². The highest BCUT2D eigenvalue weighted by Gasteiger charge is 2.58. The van der Waals surface area contributed by atoms with E-state index in [4.69, 9.17) is 5.11 Å². The second kappa shape index (κ2) is 6.11. The zero-order valence-corrected chi connectivity index (χ0v) is 12.8. The Kier molecular flexibility index (Phi) is 4.19. The molecule has 2 aliphatic carbocycles. The Morgan fingerprint density at radius 3 is 2.55 bits per heavy atom. The molecule has 1 amide bonds. The normalized spacial score (nSPS) is 23.2. The zero-order valence-electron chi connectivity index (χ0n) is 12.8. The number of carbonyl (C=O) groups excluding carboxylic acids is 1. The lowest BCUT2D eigenvalue weighted by Crippen LogP contribution is -2.31. The molecule has 0 aromatic heterocycles. The smallest absolute Gasteiger partial charge is 0.303 e. The topological polar surface area (TPSA) is 66.4 Å². The summed E-state index contributed by atoms with van der Waals surface area (Å²) in [6.07, 6.45) is 6.35. The van der Waals surface area contributed by atoms with Crippen molar-refractivity contribution in [1.82, 2.24) is 5.32 Å². The van der Waals surface area contributed by atoms with E-state index in [1.54, 1.807) is 0 Å². The van der Waals surface area contributed by atoms with Gasteiger partial charge in [-0.05, 0) is 36.7 Å². The zero-order chi connectivity index (χ0) is 15.6. The number of hydrogen-bond donors (Lipinski definition) is 2. The van der Waals surface area contributed by atoms with Crippen LogP contribution < -0.4 is 5.32 Å². The summed E-state index contributed by atoms with van der Waals surface area (Å²) in [5, 5.41) is 12.0. The van der Waals surface area contributed by atoms with Gasteiger partial charge in [0.15, 0.2) is 0 Å². The largest absolute Gasteiger partial charge is 0.481 e. The van der Waals surface area contributed by atoms with Gasteiger partial charge >= 0.3 is 5.97 Å². The molecule has 2 atom stereocenters. The van der Waals surface area contributed by atoms with Gasteiger partial charge in [0.1, 0.15) is 0 Å². The molecule has 2 unspecified atom stereocenters. The Morgan fingerprint density at radius 1 is 1.23 bits per heavy atom. The van der Waals surface area contributed by atoms with Crippen molar-refractivity contribution in [3.8, 4) is 0 Å². The fraction of sp³-hybridized carbons (Fsp3) is 0.556. The molecule has 1 spiro atoms. The molecule has 118 valence electrons. The number of carboxylic acid groups (broad SMARTS) is 1. The molecule has 2 fully saturated rings. The van der Waals surface area contributed by atoms with E-state index in [-0.39, 0.29) is 29.7 Å². The molecule has 4 nitrogen and oxygen atoms in total. The highest BCUT2D eigenvalue weighted by atomic mass is 16.4. The molecular formula is C18H23NO3. The summed E-state index contributed by atoms with van der Waals surface area (Å²) in [5.74, 6) is -0.568. The third-order valence-electron chi connectivity index (χ3n) is 5.27. The molecule has 2 saturated carbocycles. The first-order chi connectivity index (χ1) is 10.6. The highest BCUT2D eigenvalue weighted by Crippen LogP contribution is 2.62. The maximum Gasteiger partial charge on any atom is 0.303 e. The molecule has 2 aliphatic rings. The maximum atomic E-state index is 12.5. The molecule has 22 heavy (non-hydrogen) atoms. The van der Waals surface area contributed by atoms with Gasteiger partial charge in [0.05, 0.1) is 6.04 Å². The summed E-state index contributed by atoms with van der Waals surface area (Å²) in [6.45, 7) is 0. The second-order valence-corrected chi connectivity index (χ2v) is 6.73. The Bertz CT molecular complexity index is 549. The number of nitrogens with one attached hydrogen (secondary N) is 1. The van der Waals surface area contributed by atoms with Crippen LogP contribution in [0.5, 0.6) is 0 Å². The minimum absolute atomic E-state index is 0.0651. The minimum Gasteiger partial charge on any atom is -0.481 e. The summed E-state index contributed by atoms with van der Waals surface area (Å²) < 4.78 is 0. The van der Waals surface area contributed by atoms with Gasteiger partial charge in [-0.1, -0.05) is 43.2 Å². The van der Waals surface area contributed by atoms with E-state index in [0.29, 0.717) is 6.42 Å². The Morgan fingerprint density at radius 2 is 1.91 bits per heavy atom. The quantitative estimate of drug-likeness (QED) is 0.847. The van der Waals surface area contributed by atoms with Gasteiger partial charge in [-0.25, -0.2) is 0 Å². The Balaban J connectivity index is 1.65. The Labute approximate surface area is 130 Å². The molecule has 4 heteroatoms. The van der Waals surface area contributed by atoms with Crippen LogP contribution in [0.2, 0.25) is 0 Å². The van der Waals surface area contributed by atoms with Crippen molar-refractivity contribution < 1.29 is 14.7 Å². The maximum absolute atomic E-state index is 12.5. The van der Waals surface area contributed by atoms with E-state index < -0.39 is 5.97 Å². The molecule has 0 heterocycles. The van der Waals surface area contributed by atoms with Crippen LogP contribution in [0.15, 0.2) is 30.3 Å². The number of rotatable bonds is 6. The molecule has 0 bridgehead atoms. The van der Waals surface area contributed by atoms with Gasteiger partial charge in [0, 0.05) is 12.3 Å². The highest BCUT2D eigenvalue weighted by molar-refractivity contribution is 5.83. The molecule has 3 rings (SSSR count). The van der Waals surface area contributed by atoms with Crippen molar-refractivity contribution in [2.75, 3.05) is 0 Å². The van der Waals surface area contributed by atoms with E-state index in [2.05, 4.69) is 5.32 Å². The summed E-state index contributed by atoms with van der Waals surface area (Å²) in [5.41, 5.74) is 1.26. The van der Waals surface area contributed by atoms with Crippen molar-refractivity contribution in [2.45, 2.75) is 51.0 Å². The molecule has 2 N–H and O–H groups in total. The van der Waals surface area contributed by atoms with Crippen LogP contribution >= 0.6 is 0 Å². The number of hydrogen-bond acceptors (Lipinski definition) is 2. The standard InChI is InChI=1S/C18H23NO3/c20-16(21)9-8-15(13-6-2-1-3-7-13)19-17(22)14-12-18(14)10-4-5-11-18/h1-3,6-7,14-15H,4-5,8-12H2,(H,19,22)(H,20,21). The number of amides is 1. The predicted molar refractivity (Wildman–Crippen MR) is 83.2 cm³/mol. The van der Waals surface area contributed by atoms with E-state index in [0.717, 1.165) is 12.0 Å². The lowest BCUT2D eigenvalue weighted by Gasteiger charge is -2.19. The summed E-state index contributed by atoms with van der Waals surface area (Å²) in [7, 11) is 0.